The van der Waals surface area contributed by atoms with Crippen molar-refractivity contribution >= 4 is 26.2 Å². The lowest BCUT2D eigenvalue weighted by Crippen LogP contribution is -2.30. The van der Waals surface area contributed by atoms with Gasteiger partial charge in [-0.15, -0.1) is 0 Å². The van der Waals surface area contributed by atoms with Gasteiger partial charge in [0.25, 0.3) is 20.2 Å². The van der Waals surface area contributed by atoms with E-state index in [9.17, 15) is 21.6 Å². The minimum Gasteiger partial charge on any atom is -0.465 e. The Balaban J connectivity index is 2.74. The Hall–Kier alpha value is -0.970. The van der Waals surface area contributed by atoms with Crippen LogP contribution in [0.25, 0.3) is 0 Å². The average molecular weight is 328 g/mol. The van der Waals surface area contributed by atoms with Crippen LogP contribution in [-0.2, 0) is 38.1 Å². The quantitative estimate of drug-likeness (QED) is 0.331. The highest BCUT2D eigenvalue weighted by atomic mass is 32.2. The molecule has 10 heteroatoms. The number of carbonyl (C=O) groups excluding carboxylic acids is 1. The van der Waals surface area contributed by atoms with E-state index in [1.54, 1.807) is 6.92 Å². The molecular formula is C10H16O8S2. The predicted molar refractivity (Wildman–Crippen MR) is 68.7 cm³/mol. The van der Waals surface area contributed by atoms with Crippen molar-refractivity contribution in [1.82, 2.24) is 0 Å². The zero-order valence-corrected chi connectivity index (χ0v) is 12.9. The van der Waals surface area contributed by atoms with Gasteiger partial charge in [0, 0.05) is 0 Å². The molecule has 1 unspecified atom stereocenters. The van der Waals surface area contributed by atoms with E-state index >= 15 is 0 Å². The van der Waals surface area contributed by atoms with Gasteiger partial charge in [0.05, 0.1) is 32.3 Å². The Morgan fingerprint density at radius 1 is 1.15 bits per heavy atom. The Bertz CT molecular complexity index is 616. The van der Waals surface area contributed by atoms with Crippen LogP contribution in [-0.4, -0.2) is 55.1 Å². The fourth-order valence-corrected chi connectivity index (χ4v) is 2.19. The highest BCUT2D eigenvalue weighted by molar-refractivity contribution is 7.86. The maximum absolute atomic E-state index is 11.8. The van der Waals surface area contributed by atoms with Crippen LogP contribution in [0.4, 0.5) is 0 Å². The molecule has 1 atom stereocenters. The van der Waals surface area contributed by atoms with Crippen molar-refractivity contribution in [3.63, 3.8) is 0 Å². The summed E-state index contributed by atoms with van der Waals surface area (Å²) in [6.07, 6.45) is 3.09. The highest BCUT2D eigenvalue weighted by Crippen LogP contribution is 2.46. The van der Waals surface area contributed by atoms with E-state index in [4.69, 9.17) is 4.74 Å². The van der Waals surface area contributed by atoms with Crippen LogP contribution in [0.5, 0.6) is 0 Å². The molecule has 0 N–H and O–H groups in total. The van der Waals surface area contributed by atoms with Gasteiger partial charge >= 0.3 is 5.97 Å². The first-order valence-corrected chi connectivity index (χ1v) is 9.22. The van der Waals surface area contributed by atoms with Crippen LogP contribution in [0, 0.1) is 5.41 Å². The number of hydrogen-bond acceptors (Lipinski definition) is 8. The van der Waals surface area contributed by atoms with Crippen molar-refractivity contribution in [1.29, 1.82) is 0 Å². The molecule has 0 aromatic carbocycles. The lowest BCUT2D eigenvalue weighted by atomic mass is 10.0. The highest BCUT2D eigenvalue weighted by Gasteiger charge is 2.53. The average Bonchev–Trinajstić information content (AvgIpc) is 2.97. The first-order chi connectivity index (χ1) is 9.00. The van der Waals surface area contributed by atoms with Crippen LogP contribution in [0.1, 0.15) is 6.92 Å². The summed E-state index contributed by atoms with van der Waals surface area (Å²) in [7, 11) is -7.40. The molecule has 0 saturated carbocycles. The van der Waals surface area contributed by atoms with Crippen molar-refractivity contribution in [2.45, 2.75) is 6.92 Å². The molecule has 0 bridgehead atoms. The first kappa shape index (κ1) is 17.1. The fourth-order valence-electron chi connectivity index (χ4n) is 1.45. The first-order valence-electron chi connectivity index (χ1n) is 5.58. The Morgan fingerprint density at radius 2 is 1.70 bits per heavy atom. The number of hydrogen-bond donors (Lipinski definition) is 0. The summed E-state index contributed by atoms with van der Waals surface area (Å²) in [6.45, 7) is 0.892. The molecule has 20 heavy (non-hydrogen) atoms. The van der Waals surface area contributed by atoms with Crippen LogP contribution >= 0.6 is 0 Å². The zero-order chi connectivity index (χ0) is 15.6. The molecule has 1 rings (SSSR count). The van der Waals surface area contributed by atoms with Gasteiger partial charge in [-0.2, -0.15) is 16.8 Å². The Labute approximate surface area is 117 Å². The summed E-state index contributed by atoms with van der Waals surface area (Å²) < 4.78 is 57.7. The van der Waals surface area contributed by atoms with E-state index in [1.807, 2.05) is 0 Å². The maximum Gasteiger partial charge on any atom is 0.322 e. The van der Waals surface area contributed by atoms with Gasteiger partial charge in [-0.05, 0) is 12.5 Å². The normalized spacial score (nSPS) is 22.2. The van der Waals surface area contributed by atoms with Crippen LogP contribution in [0.2, 0.25) is 0 Å². The van der Waals surface area contributed by atoms with Gasteiger partial charge in [0.15, 0.2) is 0 Å². The van der Waals surface area contributed by atoms with Crippen LogP contribution < -0.4 is 0 Å². The van der Waals surface area contributed by atoms with Crippen LogP contribution in [0.15, 0.2) is 11.6 Å². The Kier molecular flexibility index (Phi) is 4.95. The molecule has 0 aliphatic heterocycles. The summed E-state index contributed by atoms with van der Waals surface area (Å²) in [5.74, 6) is -0.698. The number of esters is 1. The molecule has 0 heterocycles. The molecule has 1 aliphatic carbocycles. The molecule has 0 aromatic rings. The molecular weight excluding hydrogens is 312 g/mol. The molecule has 0 saturated heterocycles. The Morgan fingerprint density at radius 3 is 2.15 bits per heavy atom. The second-order valence-electron chi connectivity index (χ2n) is 4.29. The molecule has 1 aliphatic rings. The SMILES string of the molecule is CCOC(=O)C1(COS(C)(=O)=O)C=C1COS(C)(=O)=O. The lowest BCUT2D eigenvalue weighted by molar-refractivity contribution is -0.149. The van der Waals surface area contributed by atoms with Gasteiger partial charge in [-0.25, -0.2) is 0 Å². The third kappa shape index (κ3) is 4.85. The van der Waals surface area contributed by atoms with Gasteiger partial charge in [-0.3, -0.25) is 13.2 Å². The van der Waals surface area contributed by atoms with E-state index in [2.05, 4.69) is 8.37 Å². The number of carbonyl (C=O) groups is 1. The smallest absolute Gasteiger partial charge is 0.322 e. The van der Waals surface area contributed by atoms with Crippen molar-refractivity contribution < 1.29 is 34.7 Å². The molecule has 0 fully saturated rings. The van der Waals surface area contributed by atoms with Gasteiger partial charge in [-0.1, -0.05) is 6.08 Å². The molecule has 0 amide bonds. The lowest BCUT2D eigenvalue weighted by Gasteiger charge is -2.16. The monoisotopic (exact) mass is 328 g/mol. The van der Waals surface area contributed by atoms with E-state index in [-0.39, 0.29) is 13.2 Å². The summed E-state index contributed by atoms with van der Waals surface area (Å²) in [4.78, 5) is 11.8. The molecule has 8 nitrogen and oxygen atoms in total. The van der Waals surface area contributed by atoms with Crippen molar-refractivity contribution in [3.05, 3.63) is 11.6 Å². The van der Waals surface area contributed by atoms with Crippen molar-refractivity contribution in [3.8, 4) is 0 Å². The van der Waals surface area contributed by atoms with E-state index < -0.39 is 38.2 Å². The second kappa shape index (κ2) is 5.80. The molecule has 0 aromatic heterocycles. The van der Waals surface area contributed by atoms with Crippen molar-refractivity contribution in [2.24, 2.45) is 5.41 Å². The zero-order valence-electron chi connectivity index (χ0n) is 11.3. The maximum atomic E-state index is 11.8. The van der Waals surface area contributed by atoms with Crippen LogP contribution in [0.3, 0.4) is 0 Å². The second-order valence-corrected chi connectivity index (χ2v) is 7.58. The summed E-state index contributed by atoms with van der Waals surface area (Å²) in [5.41, 5.74) is -1.05. The predicted octanol–water partition coefficient (Wildman–Crippen LogP) is -0.572. The molecule has 0 radical (unpaired) electrons. The third-order valence-corrected chi connectivity index (χ3v) is 3.57. The molecule has 116 valence electrons. The van der Waals surface area contributed by atoms with Crippen molar-refractivity contribution in [2.75, 3.05) is 32.3 Å². The topological polar surface area (TPSA) is 113 Å². The van der Waals surface area contributed by atoms with Gasteiger partial charge < -0.3 is 4.74 Å². The fraction of sp³-hybridized carbons (Fsp3) is 0.700. The minimum absolute atomic E-state index is 0.105. The van der Waals surface area contributed by atoms with Gasteiger partial charge in [0.1, 0.15) is 5.41 Å². The van der Waals surface area contributed by atoms with E-state index in [0.29, 0.717) is 5.57 Å². The summed E-state index contributed by atoms with van der Waals surface area (Å²) >= 11 is 0. The minimum atomic E-state index is -3.73. The van der Waals surface area contributed by atoms with E-state index in [1.165, 1.54) is 6.08 Å². The standard InChI is InChI=1S/C10H16O8S2/c1-4-16-9(11)10(7-18-20(3,14)15)5-8(10)6-17-19(2,12)13/h5H,4,6-7H2,1-3H3. The number of ether oxygens (including phenoxy) is 1. The largest absolute Gasteiger partial charge is 0.465 e. The number of rotatable bonds is 8. The van der Waals surface area contributed by atoms with E-state index in [0.717, 1.165) is 12.5 Å². The third-order valence-electron chi connectivity index (χ3n) is 2.48. The summed E-state index contributed by atoms with van der Waals surface area (Å²) in [6, 6.07) is 0. The summed E-state index contributed by atoms with van der Waals surface area (Å²) in [5, 5.41) is 0. The molecule has 0 spiro atoms. The van der Waals surface area contributed by atoms with Gasteiger partial charge in [0.2, 0.25) is 0 Å².